The van der Waals surface area contributed by atoms with Crippen LogP contribution in [0, 0.1) is 20.8 Å². The number of aryl methyl sites for hydroxylation is 4. The summed E-state index contributed by atoms with van der Waals surface area (Å²) in [4.78, 5) is 16.6. The molecule has 5 heteroatoms. The Balaban J connectivity index is 1.46. The molecule has 0 fully saturated rings. The molecule has 3 aromatic rings. The van der Waals surface area contributed by atoms with E-state index in [2.05, 4.69) is 35.6 Å². The first kappa shape index (κ1) is 17.7. The van der Waals surface area contributed by atoms with Crippen molar-refractivity contribution in [3.8, 4) is 0 Å². The number of nitrogens with one attached hydrogen (secondary N) is 1. The van der Waals surface area contributed by atoms with E-state index in [1.165, 1.54) is 10.6 Å². The van der Waals surface area contributed by atoms with Gasteiger partial charge in [-0.15, -0.1) is 11.3 Å². The van der Waals surface area contributed by atoms with Crippen LogP contribution in [0.4, 0.5) is 0 Å². The molecule has 0 bridgehead atoms. The predicted molar refractivity (Wildman–Crippen MR) is 102 cm³/mol. The van der Waals surface area contributed by atoms with Crippen molar-refractivity contribution in [2.24, 2.45) is 0 Å². The Morgan fingerprint density at radius 3 is 2.84 bits per heavy atom. The first-order valence-electron chi connectivity index (χ1n) is 8.68. The minimum atomic E-state index is 0.0472. The molecule has 0 saturated heterocycles. The highest BCUT2D eigenvalue weighted by atomic mass is 32.1. The molecule has 1 aromatic carbocycles. The first-order valence-corrected chi connectivity index (χ1v) is 9.56. The molecular weight excluding hydrogens is 332 g/mol. The van der Waals surface area contributed by atoms with E-state index in [0.29, 0.717) is 13.0 Å². The average Bonchev–Trinajstić information content (AvgIpc) is 3.17. The van der Waals surface area contributed by atoms with Gasteiger partial charge in [-0.2, -0.15) is 0 Å². The lowest BCUT2D eigenvalue weighted by atomic mass is 10.0. The number of rotatable bonds is 7. The molecule has 2 aromatic heterocycles. The van der Waals surface area contributed by atoms with Gasteiger partial charge in [-0.1, -0.05) is 12.1 Å². The van der Waals surface area contributed by atoms with Crippen molar-refractivity contribution in [1.82, 2.24) is 10.3 Å². The maximum atomic E-state index is 12.2. The van der Waals surface area contributed by atoms with E-state index >= 15 is 0 Å². The van der Waals surface area contributed by atoms with Crippen molar-refractivity contribution in [1.29, 1.82) is 0 Å². The standard InChI is InChI=1S/C20H24N2O2S/c1-13-7-8-17-16(11-24-20(17)15(13)3)10-18(23)21-9-5-4-6-19-22-14(2)12-25-19/h7-8,11-12H,4-6,9-10H2,1-3H3,(H,21,23). The Kier molecular flexibility index (Phi) is 5.53. The Hall–Kier alpha value is -2.14. The van der Waals surface area contributed by atoms with Crippen molar-refractivity contribution >= 4 is 28.2 Å². The van der Waals surface area contributed by atoms with Gasteiger partial charge in [-0.05, 0) is 51.2 Å². The van der Waals surface area contributed by atoms with Crippen LogP contribution in [-0.2, 0) is 17.6 Å². The summed E-state index contributed by atoms with van der Waals surface area (Å²) in [7, 11) is 0. The summed E-state index contributed by atoms with van der Waals surface area (Å²) in [6.07, 6.45) is 5.07. The minimum absolute atomic E-state index is 0.0472. The Bertz CT molecular complexity index is 879. The maximum absolute atomic E-state index is 12.2. The lowest BCUT2D eigenvalue weighted by Crippen LogP contribution is -2.26. The number of amides is 1. The number of hydrogen-bond acceptors (Lipinski definition) is 4. The number of aromatic nitrogens is 1. The predicted octanol–water partition coefficient (Wildman–Crippen LogP) is 4.50. The fourth-order valence-corrected chi connectivity index (χ4v) is 3.73. The number of thiazole rings is 1. The third kappa shape index (κ3) is 4.28. The topological polar surface area (TPSA) is 55.1 Å². The summed E-state index contributed by atoms with van der Waals surface area (Å²) < 4.78 is 5.67. The van der Waals surface area contributed by atoms with Gasteiger partial charge in [0, 0.05) is 28.6 Å². The van der Waals surface area contributed by atoms with Crippen molar-refractivity contribution in [3.05, 3.63) is 51.2 Å². The summed E-state index contributed by atoms with van der Waals surface area (Å²) in [5, 5.41) is 7.30. The molecule has 3 rings (SSSR count). The summed E-state index contributed by atoms with van der Waals surface area (Å²) in [6, 6.07) is 4.12. The van der Waals surface area contributed by atoms with Crippen LogP contribution in [0.2, 0.25) is 0 Å². The van der Waals surface area contributed by atoms with Crippen LogP contribution >= 0.6 is 11.3 Å². The number of furan rings is 1. The van der Waals surface area contributed by atoms with Crippen molar-refractivity contribution in [3.63, 3.8) is 0 Å². The Morgan fingerprint density at radius 2 is 2.08 bits per heavy atom. The van der Waals surface area contributed by atoms with E-state index in [4.69, 9.17) is 4.42 Å². The van der Waals surface area contributed by atoms with Gasteiger partial charge in [0.2, 0.25) is 5.91 Å². The first-order chi connectivity index (χ1) is 12.0. The van der Waals surface area contributed by atoms with E-state index < -0.39 is 0 Å². The second kappa shape index (κ2) is 7.83. The smallest absolute Gasteiger partial charge is 0.224 e. The van der Waals surface area contributed by atoms with E-state index in [1.807, 2.05) is 13.0 Å². The molecule has 0 aliphatic heterocycles. The molecule has 1 N–H and O–H groups in total. The monoisotopic (exact) mass is 356 g/mol. The summed E-state index contributed by atoms with van der Waals surface area (Å²) in [5.74, 6) is 0.0472. The number of carbonyl (C=O) groups is 1. The fraction of sp³-hybridized carbons (Fsp3) is 0.400. The molecule has 4 nitrogen and oxygen atoms in total. The van der Waals surface area contributed by atoms with Gasteiger partial charge in [-0.3, -0.25) is 4.79 Å². The van der Waals surface area contributed by atoms with Gasteiger partial charge < -0.3 is 9.73 Å². The normalized spacial score (nSPS) is 11.2. The highest BCUT2D eigenvalue weighted by Crippen LogP contribution is 2.26. The van der Waals surface area contributed by atoms with Crippen LogP contribution in [0.3, 0.4) is 0 Å². The maximum Gasteiger partial charge on any atom is 0.224 e. The molecule has 0 unspecified atom stereocenters. The SMILES string of the molecule is Cc1csc(CCCCNC(=O)Cc2coc3c(C)c(C)ccc23)n1. The molecule has 0 aliphatic carbocycles. The molecule has 25 heavy (non-hydrogen) atoms. The second-order valence-corrected chi connectivity index (χ2v) is 7.45. The minimum Gasteiger partial charge on any atom is -0.464 e. The Morgan fingerprint density at radius 1 is 1.24 bits per heavy atom. The van der Waals surface area contributed by atoms with Crippen molar-refractivity contribution in [2.75, 3.05) is 6.54 Å². The molecule has 0 atom stereocenters. The average molecular weight is 356 g/mol. The van der Waals surface area contributed by atoms with E-state index in [1.54, 1.807) is 17.6 Å². The van der Waals surface area contributed by atoms with Crippen LogP contribution < -0.4 is 5.32 Å². The highest BCUT2D eigenvalue weighted by Gasteiger charge is 2.12. The number of hydrogen-bond donors (Lipinski definition) is 1. The van der Waals surface area contributed by atoms with Crippen LogP contribution in [0.5, 0.6) is 0 Å². The molecule has 0 radical (unpaired) electrons. The molecule has 2 heterocycles. The molecule has 0 aliphatic rings. The zero-order valence-electron chi connectivity index (χ0n) is 15.0. The van der Waals surface area contributed by atoms with Gasteiger partial charge in [0.15, 0.2) is 0 Å². The van der Waals surface area contributed by atoms with E-state index in [0.717, 1.165) is 47.1 Å². The third-order valence-corrected chi connectivity index (χ3v) is 5.53. The quantitative estimate of drug-likeness (QED) is 0.634. The molecule has 0 spiro atoms. The lowest BCUT2D eigenvalue weighted by molar-refractivity contribution is -0.120. The summed E-state index contributed by atoms with van der Waals surface area (Å²) in [6.45, 7) is 6.84. The van der Waals surface area contributed by atoms with Gasteiger partial charge in [0.1, 0.15) is 5.58 Å². The molecule has 132 valence electrons. The zero-order valence-corrected chi connectivity index (χ0v) is 15.8. The number of benzene rings is 1. The fourth-order valence-electron chi connectivity index (χ4n) is 2.91. The number of carbonyl (C=O) groups excluding carboxylic acids is 1. The van der Waals surface area contributed by atoms with Crippen LogP contribution in [0.1, 0.15) is 40.2 Å². The number of fused-ring (bicyclic) bond motifs is 1. The third-order valence-electron chi connectivity index (χ3n) is 4.50. The second-order valence-electron chi connectivity index (χ2n) is 6.51. The van der Waals surface area contributed by atoms with Crippen LogP contribution in [0.25, 0.3) is 11.0 Å². The van der Waals surface area contributed by atoms with Crippen LogP contribution in [0.15, 0.2) is 28.2 Å². The van der Waals surface area contributed by atoms with Gasteiger partial charge >= 0.3 is 0 Å². The lowest BCUT2D eigenvalue weighted by Gasteiger charge is -2.04. The molecule has 1 amide bonds. The summed E-state index contributed by atoms with van der Waals surface area (Å²) in [5.41, 5.74) is 5.27. The number of unbranched alkanes of at least 4 members (excludes halogenated alkanes) is 1. The Labute approximate surface area is 152 Å². The largest absolute Gasteiger partial charge is 0.464 e. The van der Waals surface area contributed by atoms with Gasteiger partial charge in [-0.25, -0.2) is 4.98 Å². The summed E-state index contributed by atoms with van der Waals surface area (Å²) >= 11 is 1.71. The van der Waals surface area contributed by atoms with Gasteiger partial charge in [0.05, 0.1) is 17.7 Å². The molecular formula is C20H24N2O2S. The highest BCUT2D eigenvalue weighted by molar-refractivity contribution is 7.09. The molecule has 0 saturated carbocycles. The zero-order chi connectivity index (χ0) is 17.8. The van der Waals surface area contributed by atoms with Crippen molar-refractivity contribution < 1.29 is 9.21 Å². The number of nitrogens with zero attached hydrogens (tertiary/aromatic N) is 1. The van der Waals surface area contributed by atoms with E-state index in [9.17, 15) is 4.79 Å². The van der Waals surface area contributed by atoms with E-state index in [-0.39, 0.29) is 5.91 Å². The van der Waals surface area contributed by atoms with Crippen molar-refractivity contribution in [2.45, 2.75) is 46.5 Å². The van der Waals surface area contributed by atoms with Gasteiger partial charge in [0.25, 0.3) is 0 Å². The van der Waals surface area contributed by atoms with Crippen LogP contribution in [-0.4, -0.2) is 17.4 Å².